The molecule has 0 saturated heterocycles. The summed E-state index contributed by atoms with van der Waals surface area (Å²) in [5.74, 6) is 6.90. The quantitative estimate of drug-likeness (QED) is 0.534. The van der Waals surface area contributed by atoms with E-state index in [-0.39, 0.29) is 10.5 Å². The summed E-state index contributed by atoms with van der Waals surface area (Å²) in [6, 6.07) is 6.17. The highest BCUT2D eigenvalue weighted by atomic mass is 28.3. The van der Waals surface area contributed by atoms with Gasteiger partial charge in [0.25, 0.3) is 0 Å². The van der Waals surface area contributed by atoms with Crippen molar-refractivity contribution in [1.29, 1.82) is 0 Å². The van der Waals surface area contributed by atoms with Crippen molar-refractivity contribution in [3.63, 3.8) is 0 Å². The molecule has 22 heavy (non-hydrogen) atoms. The van der Waals surface area contributed by atoms with Crippen LogP contribution in [0.4, 0.5) is 0 Å². The molecule has 1 nitrogen and oxygen atoms in total. The monoisotopic (exact) mass is 312 g/mol. The Morgan fingerprint density at radius 3 is 2.36 bits per heavy atom. The number of rotatable bonds is 2. The van der Waals surface area contributed by atoms with Crippen molar-refractivity contribution < 1.29 is 4.79 Å². The Balaban J connectivity index is 2.58. The van der Waals surface area contributed by atoms with Gasteiger partial charge in [-0.2, -0.15) is 0 Å². The average molecular weight is 313 g/mol. The van der Waals surface area contributed by atoms with Crippen LogP contribution in [-0.2, 0) is 6.42 Å². The number of hydrogen-bond acceptors (Lipinski definition) is 1. The van der Waals surface area contributed by atoms with E-state index in [0.29, 0.717) is 5.78 Å². The third kappa shape index (κ3) is 2.79. The second-order valence-electron chi connectivity index (χ2n) is 8.53. The van der Waals surface area contributed by atoms with Gasteiger partial charge < -0.3 is 0 Å². The van der Waals surface area contributed by atoms with Gasteiger partial charge in [-0.15, -0.1) is 0 Å². The Morgan fingerprint density at radius 2 is 1.86 bits per heavy atom. The highest BCUT2D eigenvalue weighted by Crippen LogP contribution is 2.53. The molecule has 1 unspecified atom stereocenters. The minimum absolute atomic E-state index is 0.0506. The van der Waals surface area contributed by atoms with E-state index in [1.807, 2.05) is 6.07 Å². The fourth-order valence-corrected chi connectivity index (χ4v) is 6.03. The Labute approximate surface area is 136 Å². The summed E-state index contributed by atoms with van der Waals surface area (Å²) in [6.07, 6.45) is 1.83. The molecule has 2 heteroatoms. The van der Waals surface area contributed by atoms with Crippen molar-refractivity contribution in [2.45, 2.75) is 65.2 Å². The molecule has 2 rings (SSSR count). The summed E-state index contributed by atoms with van der Waals surface area (Å²) in [5.41, 5.74) is 2.98. The minimum Gasteiger partial charge on any atom is -0.294 e. The molecule has 1 atom stereocenters. The predicted molar refractivity (Wildman–Crippen MR) is 97.1 cm³/mol. The van der Waals surface area contributed by atoms with Gasteiger partial charge in [0.1, 0.15) is 0 Å². The molecule has 0 fully saturated rings. The van der Waals surface area contributed by atoms with Crippen LogP contribution in [-0.4, -0.2) is 13.9 Å². The standard InChI is InChI=1S/C20H28OSi/c1-8-20(22(5,6)7)14-16-11-9-10-15(17(16)18(20)21)12-13-19(2,3)4/h9-11H,8,14H2,1-7H3. The maximum absolute atomic E-state index is 13.3. The van der Waals surface area contributed by atoms with Gasteiger partial charge in [-0.25, -0.2) is 0 Å². The van der Waals surface area contributed by atoms with Gasteiger partial charge in [0.15, 0.2) is 5.78 Å². The number of Topliss-reactive ketones (excluding diaryl/α,β-unsaturated/α-hetero) is 1. The number of carbonyl (C=O) groups excluding carboxylic acids is 1. The zero-order chi connectivity index (χ0) is 16.8. The first-order valence-corrected chi connectivity index (χ1v) is 11.7. The van der Waals surface area contributed by atoms with Gasteiger partial charge in [-0.3, -0.25) is 4.79 Å². The predicted octanol–water partition coefficient (Wildman–Crippen LogP) is 5.31. The highest BCUT2D eigenvalue weighted by Gasteiger charge is 2.53. The van der Waals surface area contributed by atoms with Crippen LogP contribution in [0.2, 0.25) is 24.7 Å². The van der Waals surface area contributed by atoms with Gasteiger partial charge >= 0.3 is 0 Å². The molecule has 0 aliphatic heterocycles. The molecule has 1 aliphatic rings. The summed E-state index contributed by atoms with van der Waals surface area (Å²) >= 11 is 0. The summed E-state index contributed by atoms with van der Waals surface area (Å²) in [6.45, 7) is 15.4. The van der Waals surface area contributed by atoms with E-state index in [2.05, 4.69) is 71.3 Å². The van der Waals surface area contributed by atoms with Gasteiger partial charge in [0.05, 0.1) is 8.07 Å². The number of benzene rings is 1. The summed E-state index contributed by atoms with van der Waals surface area (Å²) in [5, 5.41) is -0.158. The Bertz CT molecular complexity index is 662. The van der Waals surface area contributed by atoms with Crippen LogP contribution in [0, 0.1) is 17.3 Å². The van der Waals surface area contributed by atoms with E-state index in [9.17, 15) is 4.79 Å². The summed E-state index contributed by atoms with van der Waals surface area (Å²) in [7, 11) is -1.62. The second kappa shape index (κ2) is 5.39. The van der Waals surface area contributed by atoms with E-state index in [0.717, 1.165) is 24.0 Å². The lowest BCUT2D eigenvalue weighted by atomic mass is 9.95. The zero-order valence-electron chi connectivity index (χ0n) is 15.1. The lowest BCUT2D eigenvalue weighted by Crippen LogP contribution is -2.43. The average Bonchev–Trinajstić information content (AvgIpc) is 2.69. The molecule has 0 radical (unpaired) electrons. The topological polar surface area (TPSA) is 17.1 Å². The zero-order valence-corrected chi connectivity index (χ0v) is 16.1. The van der Waals surface area contributed by atoms with Gasteiger partial charge in [0.2, 0.25) is 0 Å². The number of ketones is 1. The number of carbonyl (C=O) groups is 1. The van der Waals surface area contributed by atoms with E-state index >= 15 is 0 Å². The molecule has 0 heterocycles. The molecule has 0 aromatic heterocycles. The third-order valence-electron chi connectivity index (χ3n) is 4.92. The maximum Gasteiger partial charge on any atom is 0.168 e. The van der Waals surface area contributed by atoms with E-state index in [1.54, 1.807) is 0 Å². The molecule has 0 amide bonds. The first-order chi connectivity index (χ1) is 10.0. The van der Waals surface area contributed by atoms with Crippen LogP contribution in [0.1, 0.15) is 55.6 Å². The van der Waals surface area contributed by atoms with Crippen LogP contribution in [0.25, 0.3) is 0 Å². The maximum atomic E-state index is 13.3. The third-order valence-corrected chi connectivity index (χ3v) is 8.54. The van der Waals surface area contributed by atoms with Crippen molar-refractivity contribution in [3.8, 4) is 11.8 Å². The Kier molecular flexibility index (Phi) is 4.17. The number of hydrogen-bond donors (Lipinski definition) is 0. The SMILES string of the molecule is CCC1([Si](C)(C)C)Cc2cccc(C#CC(C)(C)C)c2C1=O. The number of fused-ring (bicyclic) bond motifs is 1. The van der Waals surface area contributed by atoms with Crippen molar-refractivity contribution in [3.05, 3.63) is 34.9 Å². The molecule has 0 spiro atoms. The smallest absolute Gasteiger partial charge is 0.168 e. The largest absolute Gasteiger partial charge is 0.294 e. The van der Waals surface area contributed by atoms with Gasteiger partial charge in [-0.1, -0.05) is 50.5 Å². The molecule has 1 aliphatic carbocycles. The first kappa shape index (κ1) is 17.0. The molecule has 0 N–H and O–H groups in total. The van der Waals surface area contributed by atoms with Crippen molar-refractivity contribution in [2.24, 2.45) is 5.41 Å². The van der Waals surface area contributed by atoms with Gasteiger partial charge in [0, 0.05) is 21.6 Å². The molecular weight excluding hydrogens is 284 g/mol. The van der Waals surface area contributed by atoms with E-state index in [4.69, 9.17) is 0 Å². The van der Waals surface area contributed by atoms with Crippen LogP contribution < -0.4 is 0 Å². The van der Waals surface area contributed by atoms with Crippen LogP contribution in [0.15, 0.2) is 18.2 Å². The highest BCUT2D eigenvalue weighted by molar-refractivity contribution is 6.83. The molecule has 1 aromatic carbocycles. The van der Waals surface area contributed by atoms with Crippen LogP contribution in [0.3, 0.4) is 0 Å². The lowest BCUT2D eigenvalue weighted by molar-refractivity contribution is 0.0939. The molecular formula is C20H28OSi. The van der Waals surface area contributed by atoms with Crippen LogP contribution in [0.5, 0.6) is 0 Å². The van der Waals surface area contributed by atoms with Crippen molar-refractivity contribution in [1.82, 2.24) is 0 Å². The second-order valence-corrected chi connectivity index (χ2v) is 14.0. The van der Waals surface area contributed by atoms with Crippen LogP contribution >= 0.6 is 0 Å². The Morgan fingerprint density at radius 1 is 1.23 bits per heavy atom. The van der Waals surface area contributed by atoms with Gasteiger partial charge in [-0.05, 0) is 45.2 Å². The normalized spacial score (nSPS) is 21.3. The molecule has 0 saturated carbocycles. The minimum atomic E-state index is -1.62. The summed E-state index contributed by atoms with van der Waals surface area (Å²) in [4.78, 5) is 13.3. The Hall–Kier alpha value is -1.33. The molecule has 1 aromatic rings. The fourth-order valence-electron chi connectivity index (χ4n) is 3.44. The lowest BCUT2D eigenvalue weighted by Gasteiger charge is -2.38. The molecule has 118 valence electrons. The van der Waals surface area contributed by atoms with E-state index in [1.165, 1.54) is 5.56 Å². The van der Waals surface area contributed by atoms with Crippen molar-refractivity contribution in [2.75, 3.05) is 0 Å². The molecule has 0 bridgehead atoms. The van der Waals surface area contributed by atoms with E-state index < -0.39 is 8.07 Å². The first-order valence-electron chi connectivity index (χ1n) is 8.22. The summed E-state index contributed by atoms with van der Waals surface area (Å²) < 4.78 is 0. The van der Waals surface area contributed by atoms with Crippen molar-refractivity contribution >= 4 is 13.9 Å². The fraction of sp³-hybridized carbons (Fsp3) is 0.550.